The predicted octanol–water partition coefficient (Wildman–Crippen LogP) is 9.10. The standard InChI is InChI=1S/C38H29N3/c1-25-10-20-37-33(22-25)31-6-2-4-8-35(31)40(37)29-16-12-27(13-17-29)28-14-18-30(19-15-28)41-36-9-5-3-7-32(36)34-23-26(24-39)11-21-38(34)41/h2-23,33-34,37-38H,1H3. The zero-order chi connectivity index (χ0) is 27.5. The molecule has 0 radical (unpaired) electrons. The second-order valence-electron chi connectivity index (χ2n) is 11.3. The van der Waals surface area contributed by atoms with Crippen molar-refractivity contribution >= 4 is 22.7 Å². The topological polar surface area (TPSA) is 30.3 Å². The van der Waals surface area contributed by atoms with Crippen molar-refractivity contribution in [3.63, 3.8) is 0 Å². The van der Waals surface area contributed by atoms with Crippen LogP contribution in [0.4, 0.5) is 22.7 Å². The van der Waals surface area contributed by atoms with Gasteiger partial charge in [-0.15, -0.1) is 0 Å². The van der Waals surface area contributed by atoms with Crippen LogP contribution in [-0.2, 0) is 0 Å². The van der Waals surface area contributed by atoms with Crippen LogP contribution in [0.15, 0.2) is 145 Å². The largest absolute Gasteiger partial charge is 0.333 e. The number of anilines is 4. The summed E-state index contributed by atoms with van der Waals surface area (Å²) in [5.41, 5.74) is 12.0. The first-order valence-corrected chi connectivity index (χ1v) is 14.3. The Balaban J connectivity index is 1.09. The molecule has 41 heavy (non-hydrogen) atoms. The minimum Gasteiger partial charge on any atom is -0.333 e. The summed E-state index contributed by atoms with van der Waals surface area (Å²) >= 11 is 0. The van der Waals surface area contributed by atoms with E-state index in [4.69, 9.17) is 0 Å². The van der Waals surface area contributed by atoms with Crippen LogP contribution in [0.25, 0.3) is 11.1 Å². The molecule has 0 bridgehead atoms. The van der Waals surface area contributed by atoms with Gasteiger partial charge in [-0.3, -0.25) is 0 Å². The Morgan fingerprint density at radius 3 is 1.61 bits per heavy atom. The zero-order valence-electron chi connectivity index (χ0n) is 22.9. The highest BCUT2D eigenvalue weighted by Gasteiger charge is 2.39. The Hall–Kier alpha value is -5.07. The quantitative estimate of drug-likeness (QED) is 0.266. The van der Waals surface area contributed by atoms with Crippen LogP contribution in [0.1, 0.15) is 29.9 Å². The molecule has 0 N–H and O–H groups in total. The van der Waals surface area contributed by atoms with E-state index in [-0.39, 0.29) is 12.0 Å². The van der Waals surface area contributed by atoms with Crippen molar-refractivity contribution in [3.05, 3.63) is 156 Å². The molecule has 8 rings (SSSR count). The van der Waals surface area contributed by atoms with Gasteiger partial charge in [0.05, 0.1) is 18.2 Å². The van der Waals surface area contributed by atoms with E-state index in [2.05, 4.69) is 150 Å². The average molecular weight is 528 g/mol. The molecular weight excluding hydrogens is 498 g/mol. The fourth-order valence-electron chi connectivity index (χ4n) is 7.14. The lowest BCUT2D eigenvalue weighted by atomic mass is 9.89. The highest BCUT2D eigenvalue weighted by Crippen LogP contribution is 2.50. The monoisotopic (exact) mass is 527 g/mol. The maximum Gasteiger partial charge on any atom is 0.0988 e. The first kappa shape index (κ1) is 23.8. The van der Waals surface area contributed by atoms with Crippen molar-refractivity contribution in [3.8, 4) is 17.2 Å². The van der Waals surface area contributed by atoms with E-state index < -0.39 is 0 Å². The van der Waals surface area contributed by atoms with Crippen LogP contribution in [0.5, 0.6) is 0 Å². The lowest BCUT2D eigenvalue weighted by Crippen LogP contribution is -2.29. The van der Waals surface area contributed by atoms with Crippen LogP contribution in [0.3, 0.4) is 0 Å². The molecule has 0 saturated heterocycles. The summed E-state index contributed by atoms with van der Waals surface area (Å²) in [6, 6.07) is 38.1. The molecule has 4 aromatic rings. The molecule has 4 aromatic carbocycles. The van der Waals surface area contributed by atoms with Gasteiger partial charge < -0.3 is 9.80 Å². The molecule has 0 amide bonds. The first-order chi connectivity index (χ1) is 20.2. The third-order valence-corrected chi connectivity index (χ3v) is 9.03. The van der Waals surface area contributed by atoms with E-state index in [1.54, 1.807) is 0 Å². The first-order valence-electron chi connectivity index (χ1n) is 14.3. The lowest BCUT2D eigenvalue weighted by Gasteiger charge is -2.29. The predicted molar refractivity (Wildman–Crippen MR) is 168 cm³/mol. The van der Waals surface area contributed by atoms with Gasteiger partial charge in [0.25, 0.3) is 0 Å². The number of nitrogens with zero attached hydrogens (tertiary/aromatic N) is 3. The molecule has 196 valence electrons. The van der Waals surface area contributed by atoms with Crippen LogP contribution in [-0.4, -0.2) is 12.1 Å². The third-order valence-electron chi connectivity index (χ3n) is 9.03. The smallest absolute Gasteiger partial charge is 0.0988 e. The van der Waals surface area contributed by atoms with Crippen LogP contribution in [0.2, 0.25) is 0 Å². The molecular formula is C38H29N3. The van der Waals surface area contributed by atoms with Gasteiger partial charge in [0.2, 0.25) is 0 Å². The number of nitriles is 1. The number of benzene rings is 4. The summed E-state index contributed by atoms with van der Waals surface area (Å²) in [4.78, 5) is 4.89. The zero-order valence-corrected chi connectivity index (χ0v) is 22.9. The molecule has 0 spiro atoms. The Labute approximate surface area is 241 Å². The number of para-hydroxylation sites is 2. The van der Waals surface area contributed by atoms with Gasteiger partial charge >= 0.3 is 0 Å². The molecule has 4 atom stereocenters. The van der Waals surface area contributed by atoms with Crippen LogP contribution in [0, 0.1) is 11.3 Å². The van der Waals surface area contributed by atoms with Gasteiger partial charge in [-0.2, -0.15) is 5.26 Å². The molecule has 0 aromatic heterocycles. The second-order valence-corrected chi connectivity index (χ2v) is 11.3. The summed E-state index contributed by atoms with van der Waals surface area (Å²) in [5, 5.41) is 9.47. The number of hydrogen-bond donors (Lipinski definition) is 0. The molecule has 4 aliphatic rings. The number of rotatable bonds is 3. The van der Waals surface area contributed by atoms with Crippen molar-refractivity contribution in [2.45, 2.75) is 30.8 Å². The number of hydrogen-bond acceptors (Lipinski definition) is 3. The average Bonchev–Trinajstić information content (AvgIpc) is 3.53. The Kier molecular flexibility index (Phi) is 5.37. The van der Waals surface area contributed by atoms with E-state index in [1.165, 1.54) is 44.9 Å². The minimum atomic E-state index is 0.175. The van der Waals surface area contributed by atoms with Crippen LogP contribution >= 0.6 is 0 Å². The molecule has 2 aliphatic carbocycles. The fourth-order valence-corrected chi connectivity index (χ4v) is 7.14. The van der Waals surface area contributed by atoms with E-state index in [0.29, 0.717) is 12.0 Å². The lowest BCUT2D eigenvalue weighted by molar-refractivity contribution is 0.738. The number of fused-ring (bicyclic) bond motifs is 6. The van der Waals surface area contributed by atoms with E-state index in [0.717, 1.165) is 11.3 Å². The fraction of sp³-hybridized carbons (Fsp3) is 0.132. The van der Waals surface area contributed by atoms with Crippen molar-refractivity contribution in [2.24, 2.45) is 0 Å². The number of allylic oxidation sites excluding steroid dienone is 4. The second kappa shape index (κ2) is 9.25. The Bertz CT molecular complexity index is 1830. The van der Waals surface area contributed by atoms with Gasteiger partial charge in [-0.05, 0) is 71.7 Å². The van der Waals surface area contributed by atoms with Crippen LogP contribution < -0.4 is 9.80 Å². The molecule has 3 heteroatoms. The van der Waals surface area contributed by atoms with E-state index in [9.17, 15) is 5.26 Å². The Morgan fingerprint density at radius 1 is 0.585 bits per heavy atom. The van der Waals surface area contributed by atoms with Gasteiger partial charge in [-0.1, -0.05) is 96.6 Å². The summed E-state index contributed by atoms with van der Waals surface area (Å²) in [7, 11) is 0. The minimum absolute atomic E-state index is 0.175. The summed E-state index contributed by atoms with van der Waals surface area (Å²) in [6.07, 6.45) is 13.3. The van der Waals surface area contributed by atoms with E-state index in [1.807, 2.05) is 6.08 Å². The van der Waals surface area contributed by atoms with E-state index >= 15 is 0 Å². The molecule has 4 unspecified atom stereocenters. The third kappa shape index (κ3) is 3.72. The molecule has 2 aliphatic heterocycles. The summed E-state index contributed by atoms with van der Waals surface area (Å²) < 4.78 is 0. The normalized spacial score (nSPS) is 23.2. The van der Waals surface area contributed by atoms with Crippen molar-refractivity contribution in [2.75, 3.05) is 9.80 Å². The summed E-state index contributed by atoms with van der Waals surface area (Å²) in [6.45, 7) is 2.19. The van der Waals surface area contributed by atoms with Crippen molar-refractivity contribution in [1.82, 2.24) is 0 Å². The molecule has 2 heterocycles. The molecule has 0 saturated carbocycles. The van der Waals surface area contributed by atoms with Gasteiger partial charge in [0.15, 0.2) is 0 Å². The Morgan fingerprint density at radius 2 is 1.07 bits per heavy atom. The van der Waals surface area contributed by atoms with Crippen molar-refractivity contribution in [1.29, 1.82) is 5.26 Å². The maximum atomic E-state index is 9.47. The highest BCUT2D eigenvalue weighted by atomic mass is 15.2. The SMILES string of the molecule is CC1=CC2c3ccccc3N(c3ccc(-c4ccc(N5c6ccccc6C6C=C(C#N)C=CC65)cc4)cc3)C2C=C1. The summed E-state index contributed by atoms with van der Waals surface area (Å²) in [5.74, 6) is 0.575. The highest BCUT2D eigenvalue weighted by molar-refractivity contribution is 5.79. The maximum absolute atomic E-state index is 9.47. The van der Waals surface area contributed by atoms with Gasteiger partial charge in [-0.25, -0.2) is 0 Å². The molecule has 3 nitrogen and oxygen atoms in total. The van der Waals surface area contributed by atoms with Gasteiger partial charge in [0, 0.05) is 40.2 Å². The van der Waals surface area contributed by atoms with Crippen molar-refractivity contribution < 1.29 is 0 Å². The molecule has 0 fully saturated rings. The van der Waals surface area contributed by atoms with Gasteiger partial charge in [0.1, 0.15) is 0 Å².